The van der Waals surface area contributed by atoms with Crippen molar-refractivity contribution in [1.29, 1.82) is 0 Å². The summed E-state index contributed by atoms with van der Waals surface area (Å²) in [5.74, 6) is 0.401. The molecule has 2 saturated heterocycles. The Morgan fingerprint density at radius 2 is 1.89 bits per heavy atom. The normalized spacial score (nSPS) is 22.6. The second kappa shape index (κ2) is 8.78. The van der Waals surface area contributed by atoms with Crippen molar-refractivity contribution >= 4 is 21.4 Å². The molecule has 156 valence electrons. The number of halogens is 1. The first-order valence-corrected chi connectivity index (χ1v) is 11.9. The first-order chi connectivity index (χ1) is 13.2. The fourth-order valence-corrected chi connectivity index (χ4v) is 5.83. The Balaban J connectivity index is 1.56. The summed E-state index contributed by atoms with van der Waals surface area (Å²) in [6.07, 6.45) is 0.550. The van der Waals surface area contributed by atoms with Crippen LogP contribution in [0.2, 0.25) is 0 Å². The van der Waals surface area contributed by atoms with Gasteiger partial charge in [-0.1, -0.05) is 13.8 Å². The van der Waals surface area contributed by atoms with Crippen molar-refractivity contribution < 1.29 is 22.5 Å². The van der Waals surface area contributed by atoms with E-state index in [4.69, 9.17) is 0 Å². The van der Waals surface area contributed by atoms with Crippen LogP contribution in [0.5, 0.6) is 0 Å². The minimum Gasteiger partial charge on any atom is -0.360 e. The maximum atomic E-state index is 13.1. The quantitative estimate of drug-likeness (QED) is 0.725. The number of rotatable bonds is 6. The van der Waals surface area contributed by atoms with E-state index >= 15 is 0 Å². The summed E-state index contributed by atoms with van der Waals surface area (Å²) < 4.78 is 36.8. The molecule has 3 rings (SSSR count). The highest BCUT2D eigenvalue weighted by molar-refractivity contribution is 7.91. The summed E-state index contributed by atoms with van der Waals surface area (Å²) in [4.78, 5) is 18.2. The van der Waals surface area contributed by atoms with Crippen LogP contribution in [0.25, 0.3) is 0 Å². The van der Waals surface area contributed by atoms with Gasteiger partial charge in [-0.25, -0.2) is 12.8 Å². The molecule has 28 heavy (non-hydrogen) atoms. The van der Waals surface area contributed by atoms with Crippen molar-refractivity contribution in [1.82, 2.24) is 4.90 Å². The largest absolute Gasteiger partial charge is 0.360 e. The average Bonchev–Trinajstić information content (AvgIpc) is 3.00. The third-order valence-corrected chi connectivity index (χ3v) is 7.35. The Bertz CT molecular complexity index is 774. The van der Waals surface area contributed by atoms with E-state index in [2.05, 4.69) is 18.7 Å². The fraction of sp³-hybridized carbons (Fsp3) is 0.650. The van der Waals surface area contributed by atoms with E-state index in [1.54, 1.807) is 12.1 Å². The number of nitrogens with zero attached hydrogens (tertiary/aromatic N) is 2. The molecule has 0 bridgehead atoms. The molecule has 2 aliphatic heterocycles. The molecule has 1 amide bonds. The fourth-order valence-electron chi connectivity index (χ4n) is 4.09. The Labute approximate surface area is 167 Å². The Kier molecular flexibility index (Phi) is 6.60. The van der Waals surface area contributed by atoms with Gasteiger partial charge in [-0.2, -0.15) is 0 Å². The van der Waals surface area contributed by atoms with E-state index in [0.29, 0.717) is 25.4 Å². The summed E-state index contributed by atoms with van der Waals surface area (Å²) in [5, 5.41) is 0. The van der Waals surface area contributed by atoms with Gasteiger partial charge >= 0.3 is 0 Å². The zero-order chi connectivity index (χ0) is 20.3. The van der Waals surface area contributed by atoms with Crippen molar-refractivity contribution in [3.63, 3.8) is 0 Å². The second-order valence-corrected chi connectivity index (χ2v) is 10.6. The molecule has 1 aromatic rings. The molecule has 0 aliphatic carbocycles. The van der Waals surface area contributed by atoms with Crippen LogP contribution in [0, 0.1) is 11.7 Å². The van der Waals surface area contributed by atoms with Crippen LogP contribution >= 0.6 is 0 Å². The van der Waals surface area contributed by atoms with Gasteiger partial charge in [-0.15, -0.1) is 0 Å². The molecular weight excluding hydrogens is 381 g/mol. The summed E-state index contributed by atoms with van der Waals surface area (Å²) in [6, 6.07) is 6.33. The standard InChI is InChI=1S/C20H30FN3O3S/c1-16(2)13-24(19-7-12-28(26,27)15-19)20(25)14-22-8-10-23(11-9-22)18-5-3-17(21)4-6-18/h3-6,16,19H,7-15H2,1-2H3/p+1/t19-/m0/s1. The van der Waals surface area contributed by atoms with Crippen molar-refractivity contribution in [2.45, 2.75) is 26.3 Å². The lowest BCUT2D eigenvalue weighted by Crippen LogP contribution is -3.16. The summed E-state index contributed by atoms with van der Waals surface area (Å²) in [5.41, 5.74) is 1.00. The lowest BCUT2D eigenvalue weighted by molar-refractivity contribution is -0.892. The SMILES string of the molecule is CC(C)CN(C(=O)C[NH+]1CCN(c2ccc(F)cc2)CC1)[C@H]1CCS(=O)(=O)C1. The number of carbonyl (C=O) groups is 1. The second-order valence-electron chi connectivity index (χ2n) is 8.39. The minimum absolute atomic E-state index is 0.0565. The molecule has 0 radical (unpaired) electrons. The summed E-state index contributed by atoms with van der Waals surface area (Å²) in [7, 11) is -3.02. The van der Waals surface area contributed by atoms with Crippen molar-refractivity contribution in [2.24, 2.45) is 5.92 Å². The number of sulfone groups is 1. The molecule has 2 aliphatic rings. The lowest BCUT2D eigenvalue weighted by atomic mass is 10.1. The number of carbonyl (C=O) groups excluding carboxylic acids is 1. The smallest absolute Gasteiger partial charge is 0.278 e. The van der Waals surface area contributed by atoms with Gasteiger partial charge in [0.25, 0.3) is 5.91 Å². The van der Waals surface area contributed by atoms with Crippen molar-refractivity contribution in [3.8, 4) is 0 Å². The molecule has 0 aromatic heterocycles. The van der Waals surface area contributed by atoms with Gasteiger partial charge in [-0.05, 0) is 36.6 Å². The molecule has 2 fully saturated rings. The van der Waals surface area contributed by atoms with Gasteiger partial charge in [0, 0.05) is 18.3 Å². The van der Waals surface area contributed by atoms with Crippen LogP contribution in [0.15, 0.2) is 24.3 Å². The number of hydrogen-bond acceptors (Lipinski definition) is 4. The number of piperazine rings is 1. The highest BCUT2D eigenvalue weighted by atomic mass is 32.2. The van der Waals surface area contributed by atoms with Gasteiger partial charge in [0.2, 0.25) is 0 Å². The van der Waals surface area contributed by atoms with E-state index in [1.165, 1.54) is 17.0 Å². The summed E-state index contributed by atoms with van der Waals surface area (Å²) in [6.45, 7) is 8.42. The highest BCUT2D eigenvalue weighted by Crippen LogP contribution is 2.19. The number of quaternary nitrogens is 1. The third kappa shape index (κ3) is 5.44. The van der Waals surface area contributed by atoms with Crippen molar-refractivity contribution in [2.75, 3.05) is 55.7 Å². The molecule has 0 spiro atoms. The minimum atomic E-state index is -3.02. The Hall–Kier alpha value is -1.67. The zero-order valence-corrected chi connectivity index (χ0v) is 17.5. The van der Waals surface area contributed by atoms with Gasteiger partial charge < -0.3 is 14.7 Å². The van der Waals surface area contributed by atoms with Crippen LogP contribution in [0.1, 0.15) is 20.3 Å². The van der Waals surface area contributed by atoms with E-state index in [-0.39, 0.29) is 29.3 Å². The first kappa shape index (κ1) is 21.0. The van der Waals surface area contributed by atoms with Gasteiger partial charge in [0.15, 0.2) is 16.4 Å². The summed E-state index contributed by atoms with van der Waals surface area (Å²) >= 11 is 0. The van der Waals surface area contributed by atoms with Gasteiger partial charge in [-0.3, -0.25) is 4.79 Å². The lowest BCUT2D eigenvalue weighted by Gasteiger charge is -2.35. The highest BCUT2D eigenvalue weighted by Gasteiger charge is 2.36. The predicted molar refractivity (Wildman–Crippen MR) is 108 cm³/mol. The van der Waals surface area contributed by atoms with Crippen LogP contribution in [-0.2, 0) is 14.6 Å². The van der Waals surface area contributed by atoms with Crippen LogP contribution in [-0.4, -0.2) is 76.0 Å². The first-order valence-electron chi connectivity index (χ1n) is 10.1. The molecule has 2 heterocycles. The van der Waals surface area contributed by atoms with Gasteiger partial charge in [0.1, 0.15) is 5.82 Å². The third-order valence-electron chi connectivity index (χ3n) is 5.59. The van der Waals surface area contributed by atoms with Crippen molar-refractivity contribution in [3.05, 3.63) is 30.1 Å². The number of nitrogens with one attached hydrogen (secondary N) is 1. The number of amides is 1. The Morgan fingerprint density at radius 3 is 2.43 bits per heavy atom. The number of anilines is 1. The Morgan fingerprint density at radius 1 is 1.25 bits per heavy atom. The molecule has 1 atom stereocenters. The predicted octanol–water partition coefficient (Wildman–Crippen LogP) is 0.202. The zero-order valence-electron chi connectivity index (χ0n) is 16.7. The van der Waals surface area contributed by atoms with Crippen LogP contribution in [0.3, 0.4) is 0 Å². The van der Waals surface area contributed by atoms with Crippen LogP contribution in [0.4, 0.5) is 10.1 Å². The van der Waals surface area contributed by atoms with Gasteiger partial charge in [0.05, 0.1) is 37.7 Å². The van der Waals surface area contributed by atoms with E-state index in [9.17, 15) is 17.6 Å². The maximum Gasteiger partial charge on any atom is 0.278 e. The molecule has 0 unspecified atom stereocenters. The number of benzene rings is 1. The molecule has 8 heteroatoms. The number of hydrogen-bond donors (Lipinski definition) is 1. The molecular formula is C20H31FN3O3S+. The van der Waals surface area contributed by atoms with E-state index in [1.807, 2.05) is 4.90 Å². The molecule has 0 saturated carbocycles. The monoisotopic (exact) mass is 412 g/mol. The molecule has 1 aromatic carbocycles. The maximum absolute atomic E-state index is 13.1. The topological polar surface area (TPSA) is 62.1 Å². The van der Waals surface area contributed by atoms with E-state index < -0.39 is 9.84 Å². The average molecular weight is 413 g/mol. The molecule has 1 N–H and O–H groups in total. The molecule has 6 nitrogen and oxygen atoms in total. The van der Waals surface area contributed by atoms with E-state index in [0.717, 1.165) is 31.9 Å². The van der Waals surface area contributed by atoms with Crippen LogP contribution < -0.4 is 9.80 Å².